The van der Waals surface area contributed by atoms with Crippen LogP contribution in [-0.2, 0) is 9.53 Å². The summed E-state index contributed by atoms with van der Waals surface area (Å²) < 4.78 is 5.06. The van der Waals surface area contributed by atoms with Crippen LogP contribution >= 0.6 is 0 Å². The van der Waals surface area contributed by atoms with Gasteiger partial charge in [-0.1, -0.05) is 0 Å². The monoisotopic (exact) mass is 202 g/mol. The molecule has 0 spiro atoms. The molecule has 0 aromatic carbocycles. The Morgan fingerprint density at radius 1 is 1.50 bits per heavy atom. The van der Waals surface area contributed by atoms with Crippen LogP contribution in [0.5, 0.6) is 0 Å². The fraction of sp³-hybridized carbons (Fsp3) is 0.900. The Bertz CT molecular complexity index is 191. The highest BCUT2D eigenvalue weighted by Crippen LogP contribution is 2.04. The number of hydrogen-bond acceptors (Lipinski definition) is 3. The first-order valence-electron chi connectivity index (χ1n) is 4.78. The number of carbonyl (C=O) groups excluding carboxylic acids is 1. The van der Waals surface area contributed by atoms with E-state index in [1.54, 1.807) is 26.1 Å². The van der Waals surface area contributed by atoms with Crippen molar-refractivity contribution in [3.63, 3.8) is 0 Å². The van der Waals surface area contributed by atoms with E-state index >= 15 is 0 Å². The summed E-state index contributed by atoms with van der Waals surface area (Å²) in [6.07, 6.45) is 0. The maximum absolute atomic E-state index is 11.5. The number of rotatable bonds is 5. The number of likely N-dealkylation sites (N-methyl/N-ethyl adjacent to an activating group) is 1. The molecule has 0 saturated carbocycles. The van der Waals surface area contributed by atoms with Crippen LogP contribution in [0, 0.1) is 0 Å². The molecular weight excluding hydrogens is 180 g/mol. The minimum absolute atomic E-state index is 0.0779. The van der Waals surface area contributed by atoms with E-state index in [4.69, 9.17) is 4.74 Å². The summed E-state index contributed by atoms with van der Waals surface area (Å²) in [5, 5.41) is 3.22. The molecule has 0 rings (SSSR count). The average Bonchev–Trinajstić information content (AvgIpc) is 2.01. The van der Waals surface area contributed by atoms with Crippen LogP contribution in [0.15, 0.2) is 0 Å². The maximum Gasteiger partial charge on any atom is 0.238 e. The minimum Gasteiger partial charge on any atom is -0.383 e. The lowest BCUT2D eigenvalue weighted by molar-refractivity contribution is -0.131. The van der Waals surface area contributed by atoms with Crippen molar-refractivity contribution in [2.24, 2.45) is 0 Å². The molecule has 0 heterocycles. The SMILES string of the molecule is COCC(C)(C)NC(C)C(=O)N(C)C. The molecule has 0 bridgehead atoms. The first-order valence-corrected chi connectivity index (χ1v) is 4.78. The third-order valence-corrected chi connectivity index (χ3v) is 1.92. The summed E-state index contributed by atoms with van der Waals surface area (Å²) >= 11 is 0. The lowest BCUT2D eigenvalue weighted by Gasteiger charge is -2.30. The summed E-state index contributed by atoms with van der Waals surface area (Å²) in [4.78, 5) is 13.1. The quantitative estimate of drug-likeness (QED) is 0.705. The molecule has 4 nitrogen and oxygen atoms in total. The third kappa shape index (κ3) is 4.58. The number of hydrogen-bond donors (Lipinski definition) is 1. The highest BCUT2D eigenvalue weighted by atomic mass is 16.5. The number of methoxy groups -OCH3 is 1. The summed E-state index contributed by atoms with van der Waals surface area (Å²) in [5.74, 6) is 0.0779. The molecule has 84 valence electrons. The van der Waals surface area contributed by atoms with Gasteiger partial charge in [-0.3, -0.25) is 10.1 Å². The van der Waals surface area contributed by atoms with Gasteiger partial charge >= 0.3 is 0 Å². The zero-order chi connectivity index (χ0) is 11.4. The topological polar surface area (TPSA) is 41.6 Å². The normalized spacial score (nSPS) is 13.9. The number of nitrogens with one attached hydrogen (secondary N) is 1. The van der Waals surface area contributed by atoms with Crippen molar-refractivity contribution in [2.45, 2.75) is 32.4 Å². The smallest absolute Gasteiger partial charge is 0.238 e. The Balaban J connectivity index is 4.17. The second-order valence-electron chi connectivity index (χ2n) is 4.42. The van der Waals surface area contributed by atoms with E-state index in [1.807, 2.05) is 20.8 Å². The molecule has 0 saturated heterocycles. The van der Waals surface area contributed by atoms with Gasteiger partial charge in [0.1, 0.15) is 0 Å². The van der Waals surface area contributed by atoms with E-state index in [9.17, 15) is 4.79 Å². The Labute approximate surface area is 86.6 Å². The van der Waals surface area contributed by atoms with Gasteiger partial charge in [0.2, 0.25) is 5.91 Å². The van der Waals surface area contributed by atoms with Crippen molar-refractivity contribution in [1.29, 1.82) is 0 Å². The molecular formula is C10H22N2O2. The van der Waals surface area contributed by atoms with Crippen LogP contribution in [0.3, 0.4) is 0 Å². The number of nitrogens with zero attached hydrogens (tertiary/aromatic N) is 1. The standard InChI is InChI=1S/C10H22N2O2/c1-8(9(13)12(4)5)11-10(2,3)7-14-6/h8,11H,7H2,1-6H3. The first-order chi connectivity index (χ1) is 6.30. The van der Waals surface area contributed by atoms with Gasteiger partial charge in [-0.05, 0) is 20.8 Å². The molecule has 0 aromatic rings. The van der Waals surface area contributed by atoms with Gasteiger partial charge in [0, 0.05) is 26.7 Å². The van der Waals surface area contributed by atoms with E-state index in [-0.39, 0.29) is 17.5 Å². The molecule has 1 amide bonds. The van der Waals surface area contributed by atoms with Crippen molar-refractivity contribution in [3.05, 3.63) is 0 Å². The lowest BCUT2D eigenvalue weighted by atomic mass is 10.1. The van der Waals surface area contributed by atoms with Crippen molar-refractivity contribution < 1.29 is 9.53 Å². The molecule has 0 aliphatic carbocycles. The zero-order valence-corrected chi connectivity index (χ0v) is 10.0. The van der Waals surface area contributed by atoms with Crippen molar-refractivity contribution >= 4 is 5.91 Å². The first kappa shape index (κ1) is 13.4. The summed E-state index contributed by atoms with van der Waals surface area (Å²) in [7, 11) is 5.16. The Hall–Kier alpha value is -0.610. The van der Waals surface area contributed by atoms with Gasteiger partial charge < -0.3 is 9.64 Å². The second kappa shape index (κ2) is 5.32. The van der Waals surface area contributed by atoms with E-state index in [2.05, 4.69) is 5.32 Å². The number of carbonyl (C=O) groups is 1. The molecule has 1 atom stereocenters. The largest absolute Gasteiger partial charge is 0.383 e. The molecule has 0 fully saturated rings. The van der Waals surface area contributed by atoms with Gasteiger partial charge in [0.25, 0.3) is 0 Å². The second-order valence-corrected chi connectivity index (χ2v) is 4.42. The molecule has 14 heavy (non-hydrogen) atoms. The number of ether oxygens (including phenoxy) is 1. The van der Waals surface area contributed by atoms with Gasteiger partial charge in [0.05, 0.1) is 12.6 Å². The van der Waals surface area contributed by atoms with Gasteiger partial charge in [-0.25, -0.2) is 0 Å². The zero-order valence-electron chi connectivity index (χ0n) is 10.0. The van der Waals surface area contributed by atoms with Gasteiger partial charge in [-0.2, -0.15) is 0 Å². The maximum atomic E-state index is 11.5. The van der Waals surface area contributed by atoms with Crippen molar-refractivity contribution in [2.75, 3.05) is 27.8 Å². The van der Waals surface area contributed by atoms with E-state index in [1.165, 1.54) is 0 Å². The van der Waals surface area contributed by atoms with E-state index < -0.39 is 0 Å². The van der Waals surface area contributed by atoms with E-state index in [0.717, 1.165) is 0 Å². The van der Waals surface area contributed by atoms with Gasteiger partial charge in [-0.15, -0.1) is 0 Å². The van der Waals surface area contributed by atoms with E-state index in [0.29, 0.717) is 6.61 Å². The lowest BCUT2D eigenvalue weighted by Crippen LogP contribution is -2.53. The predicted octanol–water partition coefficient (Wildman–Crippen LogP) is 0.478. The minimum atomic E-state index is -0.185. The Morgan fingerprint density at radius 3 is 2.36 bits per heavy atom. The van der Waals surface area contributed by atoms with Crippen LogP contribution in [0.4, 0.5) is 0 Å². The molecule has 4 heteroatoms. The van der Waals surface area contributed by atoms with Gasteiger partial charge in [0.15, 0.2) is 0 Å². The van der Waals surface area contributed by atoms with Crippen molar-refractivity contribution in [3.8, 4) is 0 Å². The fourth-order valence-electron chi connectivity index (χ4n) is 1.44. The van der Waals surface area contributed by atoms with Crippen LogP contribution in [0.25, 0.3) is 0 Å². The average molecular weight is 202 g/mol. The van der Waals surface area contributed by atoms with Crippen LogP contribution in [-0.4, -0.2) is 50.2 Å². The molecule has 0 aromatic heterocycles. The predicted molar refractivity (Wildman–Crippen MR) is 57.2 cm³/mol. The summed E-state index contributed by atoms with van der Waals surface area (Å²) in [6, 6.07) is -0.185. The fourth-order valence-corrected chi connectivity index (χ4v) is 1.44. The van der Waals surface area contributed by atoms with Crippen LogP contribution in [0.2, 0.25) is 0 Å². The molecule has 0 aliphatic heterocycles. The van der Waals surface area contributed by atoms with Crippen LogP contribution in [0.1, 0.15) is 20.8 Å². The molecule has 1 unspecified atom stereocenters. The molecule has 0 aliphatic rings. The molecule has 1 N–H and O–H groups in total. The number of amides is 1. The molecule has 0 radical (unpaired) electrons. The highest BCUT2D eigenvalue weighted by molar-refractivity contribution is 5.81. The summed E-state index contributed by atoms with van der Waals surface area (Å²) in [6.45, 7) is 6.46. The third-order valence-electron chi connectivity index (χ3n) is 1.92. The Kier molecular flexibility index (Phi) is 5.08. The Morgan fingerprint density at radius 2 is 2.00 bits per heavy atom. The highest BCUT2D eigenvalue weighted by Gasteiger charge is 2.24. The van der Waals surface area contributed by atoms with Crippen molar-refractivity contribution in [1.82, 2.24) is 10.2 Å². The van der Waals surface area contributed by atoms with Crippen LogP contribution < -0.4 is 5.32 Å². The summed E-state index contributed by atoms with van der Waals surface area (Å²) in [5.41, 5.74) is -0.181.